The highest BCUT2D eigenvalue weighted by Gasteiger charge is 2.14. The molecule has 0 unspecified atom stereocenters. The summed E-state index contributed by atoms with van der Waals surface area (Å²) in [4.78, 5) is 16.9. The lowest BCUT2D eigenvalue weighted by molar-refractivity contribution is -0.116. The molecule has 1 aromatic heterocycles. The van der Waals surface area contributed by atoms with Crippen LogP contribution in [0.4, 0.5) is 11.4 Å². The fraction of sp³-hybridized carbons (Fsp3) is 0.200. The molecule has 26 heavy (non-hydrogen) atoms. The minimum atomic E-state index is -0.388. The minimum absolute atomic E-state index is 0.116. The van der Waals surface area contributed by atoms with Crippen LogP contribution in [-0.2, 0) is 4.79 Å². The first-order valence-electron chi connectivity index (χ1n) is 8.28. The highest BCUT2D eigenvalue weighted by molar-refractivity contribution is 7.09. The second kappa shape index (κ2) is 7.89. The molecule has 134 valence electrons. The van der Waals surface area contributed by atoms with Crippen LogP contribution in [0.2, 0.25) is 5.02 Å². The van der Waals surface area contributed by atoms with Crippen molar-refractivity contribution in [1.29, 1.82) is 0 Å². The van der Waals surface area contributed by atoms with Crippen molar-refractivity contribution in [2.75, 3.05) is 10.6 Å². The molecule has 1 atom stereocenters. The number of amides is 1. The number of anilines is 2. The summed E-state index contributed by atoms with van der Waals surface area (Å²) in [6.45, 7) is 5.75. The molecule has 0 bridgehead atoms. The summed E-state index contributed by atoms with van der Waals surface area (Å²) in [5, 5.41) is 9.82. The van der Waals surface area contributed by atoms with Crippen LogP contribution in [0.15, 0.2) is 47.8 Å². The number of nitrogens with zero attached hydrogens (tertiary/aromatic N) is 1. The number of carbonyl (C=O) groups excluding carboxylic acids is 1. The van der Waals surface area contributed by atoms with Gasteiger partial charge >= 0.3 is 0 Å². The standard InChI is InChI=1S/C20H20ClN3OS/c1-12-4-7-16(21)10-18(12)24-20(25)13(2)22-17-8-5-15(6-9-17)19-11-26-14(3)23-19/h4-11,13,22H,1-3H3,(H,24,25)/t13-/m0/s1. The van der Waals surface area contributed by atoms with Gasteiger partial charge in [0.2, 0.25) is 5.91 Å². The van der Waals surface area contributed by atoms with E-state index in [9.17, 15) is 4.79 Å². The maximum absolute atomic E-state index is 12.4. The maximum atomic E-state index is 12.4. The van der Waals surface area contributed by atoms with Crippen molar-refractivity contribution in [3.8, 4) is 11.3 Å². The molecule has 0 aliphatic rings. The Labute approximate surface area is 162 Å². The lowest BCUT2D eigenvalue weighted by Crippen LogP contribution is -2.32. The van der Waals surface area contributed by atoms with Gasteiger partial charge in [0.05, 0.1) is 10.7 Å². The van der Waals surface area contributed by atoms with E-state index >= 15 is 0 Å². The number of benzene rings is 2. The second-order valence-electron chi connectivity index (χ2n) is 6.14. The molecule has 0 spiro atoms. The van der Waals surface area contributed by atoms with Crippen LogP contribution in [0.5, 0.6) is 0 Å². The lowest BCUT2D eigenvalue weighted by atomic mass is 10.1. The van der Waals surface area contributed by atoms with Gasteiger partial charge in [-0.25, -0.2) is 4.98 Å². The molecule has 1 heterocycles. The SMILES string of the molecule is Cc1nc(-c2ccc(N[C@@H](C)C(=O)Nc3cc(Cl)ccc3C)cc2)cs1. The molecule has 0 saturated carbocycles. The van der Waals surface area contributed by atoms with Crippen LogP contribution in [-0.4, -0.2) is 16.9 Å². The van der Waals surface area contributed by atoms with Gasteiger partial charge in [-0.2, -0.15) is 0 Å². The zero-order valence-electron chi connectivity index (χ0n) is 14.8. The monoisotopic (exact) mass is 385 g/mol. The predicted molar refractivity (Wildman–Crippen MR) is 110 cm³/mol. The summed E-state index contributed by atoms with van der Waals surface area (Å²) < 4.78 is 0. The summed E-state index contributed by atoms with van der Waals surface area (Å²) in [5.74, 6) is -0.116. The highest BCUT2D eigenvalue weighted by atomic mass is 35.5. The quantitative estimate of drug-likeness (QED) is 0.608. The average Bonchev–Trinajstić information content (AvgIpc) is 3.05. The molecule has 0 fully saturated rings. The third-order valence-corrected chi connectivity index (χ3v) is 5.04. The van der Waals surface area contributed by atoms with Crippen LogP contribution < -0.4 is 10.6 Å². The Bertz CT molecular complexity index is 921. The first-order valence-corrected chi connectivity index (χ1v) is 9.54. The van der Waals surface area contributed by atoms with Gasteiger partial charge in [-0.1, -0.05) is 29.8 Å². The summed E-state index contributed by atoms with van der Waals surface area (Å²) in [6, 6.07) is 13.0. The summed E-state index contributed by atoms with van der Waals surface area (Å²) in [5.41, 5.74) is 4.61. The number of thiazole rings is 1. The van der Waals surface area contributed by atoms with Crippen molar-refractivity contribution in [3.63, 3.8) is 0 Å². The number of nitrogens with one attached hydrogen (secondary N) is 2. The number of rotatable bonds is 5. The van der Waals surface area contributed by atoms with Crippen molar-refractivity contribution >= 4 is 40.2 Å². The van der Waals surface area contributed by atoms with Gasteiger partial charge in [0, 0.05) is 27.3 Å². The molecule has 3 aromatic rings. The Morgan fingerprint density at radius 2 is 1.88 bits per heavy atom. The predicted octanol–water partition coefficient (Wildman–Crippen LogP) is 5.52. The summed E-state index contributed by atoms with van der Waals surface area (Å²) in [6.07, 6.45) is 0. The Kier molecular flexibility index (Phi) is 5.59. The Hall–Kier alpha value is -2.37. The number of carbonyl (C=O) groups is 1. The molecule has 0 radical (unpaired) electrons. The summed E-state index contributed by atoms with van der Waals surface area (Å²) >= 11 is 7.64. The third-order valence-electron chi connectivity index (χ3n) is 4.03. The molecular formula is C20H20ClN3OS. The van der Waals surface area contributed by atoms with E-state index in [0.717, 1.165) is 33.2 Å². The van der Waals surface area contributed by atoms with E-state index in [1.165, 1.54) is 0 Å². The van der Waals surface area contributed by atoms with E-state index in [4.69, 9.17) is 11.6 Å². The van der Waals surface area contributed by atoms with Gasteiger partial charge in [0.1, 0.15) is 6.04 Å². The molecule has 0 saturated heterocycles. The van der Waals surface area contributed by atoms with Crippen LogP contribution in [0.1, 0.15) is 17.5 Å². The molecule has 6 heteroatoms. The van der Waals surface area contributed by atoms with Gasteiger partial charge in [-0.05, 0) is 50.6 Å². The minimum Gasteiger partial charge on any atom is -0.374 e. The Morgan fingerprint density at radius 1 is 1.15 bits per heavy atom. The number of halogens is 1. The van der Waals surface area contributed by atoms with E-state index in [0.29, 0.717) is 5.02 Å². The van der Waals surface area contributed by atoms with Crippen LogP contribution in [0.3, 0.4) is 0 Å². The van der Waals surface area contributed by atoms with E-state index < -0.39 is 0 Å². The summed E-state index contributed by atoms with van der Waals surface area (Å²) in [7, 11) is 0. The van der Waals surface area contributed by atoms with Gasteiger partial charge < -0.3 is 10.6 Å². The zero-order chi connectivity index (χ0) is 18.7. The maximum Gasteiger partial charge on any atom is 0.246 e. The van der Waals surface area contributed by atoms with Gasteiger partial charge in [0.15, 0.2) is 0 Å². The molecule has 0 aliphatic heterocycles. The number of hydrogen-bond donors (Lipinski definition) is 2. The number of aromatic nitrogens is 1. The Morgan fingerprint density at radius 3 is 2.54 bits per heavy atom. The van der Waals surface area contributed by atoms with Crippen LogP contribution in [0.25, 0.3) is 11.3 Å². The molecule has 0 aliphatic carbocycles. The molecule has 1 amide bonds. The average molecular weight is 386 g/mol. The topological polar surface area (TPSA) is 54.0 Å². The van der Waals surface area contributed by atoms with Gasteiger partial charge in [-0.15, -0.1) is 11.3 Å². The van der Waals surface area contributed by atoms with Crippen LogP contribution >= 0.6 is 22.9 Å². The fourth-order valence-corrected chi connectivity index (χ4v) is 3.31. The van der Waals surface area contributed by atoms with Crippen molar-refractivity contribution < 1.29 is 4.79 Å². The van der Waals surface area contributed by atoms with Crippen molar-refractivity contribution in [2.45, 2.75) is 26.8 Å². The normalized spacial score (nSPS) is 11.8. The highest BCUT2D eigenvalue weighted by Crippen LogP contribution is 2.24. The molecule has 4 nitrogen and oxygen atoms in total. The molecule has 2 aromatic carbocycles. The second-order valence-corrected chi connectivity index (χ2v) is 7.64. The van der Waals surface area contributed by atoms with E-state index in [2.05, 4.69) is 15.6 Å². The smallest absolute Gasteiger partial charge is 0.246 e. The molecule has 3 rings (SSSR count). The first kappa shape index (κ1) is 18.4. The van der Waals surface area contributed by atoms with E-state index in [-0.39, 0.29) is 11.9 Å². The number of aryl methyl sites for hydroxylation is 2. The van der Waals surface area contributed by atoms with Crippen molar-refractivity contribution in [1.82, 2.24) is 4.98 Å². The Balaban J connectivity index is 1.64. The van der Waals surface area contributed by atoms with Gasteiger partial charge in [0.25, 0.3) is 0 Å². The van der Waals surface area contributed by atoms with Crippen molar-refractivity contribution in [3.05, 3.63) is 63.4 Å². The lowest BCUT2D eigenvalue weighted by Gasteiger charge is -2.16. The third kappa shape index (κ3) is 4.42. The largest absolute Gasteiger partial charge is 0.374 e. The van der Waals surface area contributed by atoms with E-state index in [1.54, 1.807) is 23.5 Å². The molecular weight excluding hydrogens is 366 g/mol. The van der Waals surface area contributed by atoms with Crippen molar-refractivity contribution in [2.24, 2.45) is 0 Å². The zero-order valence-corrected chi connectivity index (χ0v) is 16.4. The first-order chi connectivity index (χ1) is 12.4. The van der Waals surface area contributed by atoms with Gasteiger partial charge in [-0.3, -0.25) is 4.79 Å². The number of hydrogen-bond acceptors (Lipinski definition) is 4. The van der Waals surface area contributed by atoms with E-state index in [1.807, 2.05) is 56.5 Å². The molecule has 2 N–H and O–H groups in total. The fourth-order valence-electron chi connectivity index (χ4n) is 2.52. The van der Waals surface area contributed by atoms with Crippen LogP contribution in [0, 0.1) is 13.8 Å².